The van der Waals surface area contributed by atoms with Crippen LogP contribution in [0.5, 0.6) is 0 Å². The van der Waals surface area contributed by atoms with Crippen molar-refractivity contribution in [3.63, 3.8) is 0 Å². The van der Waals surface area contributed by atoms with Gasteiger partial charge in [0.1, 0.15) is 5.92 Å². The van der Waals surface area contributed by atoms with E-state index in [-0.39, 0.29) is 40.7 Å². The van der Waals surface area contributed by atoms with Gasteiger partial charge in [0.2, 0.25) is 0 Å². The molecule has 3 aromatic rings. The Labute approximate surface area is 285 Å². The number of ether oxygens (including phenoxy) is 2. The van der Waals surface area contributed by atoms with Crippen LogP contribution in [-0.2, 0) is 20.7 Å². The van der Waals surface area contributed by atoms with Crippen LogP contribution >= 0.6 is 0 Å². The van der Waals surface area contributed by atoms with Crippen LogP contribution in [0.15, 0.2) is 18.0 Å². The Balaban J connectivity index is 0.00000417. The van der Waals surface area contributed by atoms with Crippen LogP contribution in [0, 0.1) is 38.5 Å². The molecule has 0 amide bonds. The molecule has 46 heavy (non-hydrogen) atoms. The minimum atomic E-state index is -1.18. The number of aliphatic hydroxyl groups excluding tert-OH is 1. The zero-order valence-corrected chi connectivity index (χ0v) is 28.9. The first-order valence-corrected chi connectivity index (χ1v) is 15.4. The van der Waals surface area contributed by atoms with E-state index in [1.165, 1.54) is 14.2 Å². The summed E-state index contributed by atoms with van der Waals surface area (Å²) >= 11 is 0. The molecule has 236 valence electrons. The summed E-state index contributed by atoms with van der Waals surface area (Å²) in [5.74, 6) is -2.51. The standard InChI is InChI=1S/C36H39N4O5.Mg/c1-9-20-16(3)23-13-25-18(5)22(11-12-29(41)44-7)33(39-25)31-32(36(43)45-8)35(42)30-19(6)26(40-34(30)31)15-28-21(10-2)17(4)24(38-28)14-27(20)37-23;/h9,13-15,18,22,29,32,41H,1,10-12H2,2-8H3,(H-,39,40,42);/q-3;+2/p-1/b24-14-,25-13-,28-15-;/t18-,22-,29?,32+;/m0./s1. The molecule has 4 atom stereocenters. The first-order valence-electron chi connectivity index (χ1n) is 15.4. The molecule has 1 saturated heterocycles. The summed E-state index contributed by atoms with van der Waals surface area (Å²) in [5, 5.41) is 17.1. The predicted octanol–water partition coefficient (Wildman–Crippen LogP) is 3.40. The molecule has 0 aromatic carbocycles. The van der Waals surface area contributed by atoms with Crippen molar-refractivity contribution >= 4 is 64.7 Å². The largest absolute Gasteiger partial charge is 2.00 e. The third-order valence-corrected chi connectivity index (χ3v) is 9.74. The van der Waals surface area contributed by atoms with Gasteiger partial charge in [0, 0.05) is 12.7 Å². The summed E-state index contributed by atoms with van der Waals surface area (Å²) in [7, 11) is 2.74. The summed E-state index contributed by atoms with van der Waals surface area (Å²) < 4.78 is 10.3. The van der Waals surface area contributed by atoms with Gasteiger partial charge >= 0.3 is 29.0 Å². The number of esters is 1. The van der Waals surface area contributed by atoms with Crippen LogP contribution in [-0.4, -0.2) is 60.4 Å². The number of aliphatic hydroxyl groups is 1. The Morgan fingerprint density at radius 3 is 2.37 bits per heavy atom. The molecule has 1 N–H and O–H groups in total. The quantitative estimate of drug-likeness (QED) is 0.182. The Hall–Kier alpha value is -3.57. The molecule has 0 spiro atoms. The van der Waals surface area contributed by atoms with E-state index in [9.17, 15) is 14.7 Å². The SMILES string of the molecule is C=Cc1c2[n-]c(c1C)/C=C1\[N-]/C(=C3\c4[n-]c(c(C)c4C(=O)[C@@H]3C(=O)OC)/C=c3\[n-]/c(c(C)c3CC)=C\2)[C@@H](CCC(O)OC)[C@@H]1C.[Mg+2]. The smallest absolute Gasteiger partial charge is 0.664 e. The summed E-state index contributed by atoms with van der Waals surface area (Å²) in [4.78, 5) is 42.4. The molecule has 10 heteroatoms. The average molecular weight is 631 g/mol. The van der Waals surface area contributed by atoms with Crippen molar-refractivity contribution in [1.82, 2.24) is 15.0 Å². The molecule has 2 aliphatic heterocycles. The number of ketones is 1. The molecule has 1 unspecified atom stereocenters. The number of rotatable bonds is 7. The molecule has 3 aliphatic rings. The average Bonchev–Trinajstić information content (AvgIpc) is 3.76. The van der Waals surface area contributed by atoms with Crippen LogP contribution in [0.4, 0.5) is 0 Å². The fourth-order valence-corrected chi connectivity index (χ4v) is 7.09. The topological polar surface area (TPSA) is 129 Å². The molecule has 0 saturated carbocycles. The van der Waals surface area contributed by atoms with Crippen molar-refractivity contribution in [2.24, 2.45) is 17.8 Å². The summed E-state index contributed by atoms with van der Waals surface area (Å²) in [6.07, 6.45) is 8.40. The number of carbonyl (C=O) groups excluding carboxylic acids is 2. The van der Waals surface area contributed by atoms with Crippen molar-refractivity contribution < 1.29 is 24.2 Å². The molecule has 1 fully saturated rings. The summed E-state index contributed by atoms with van der Waals surface area (Å²) in [6, 6.07) is 0. The van der Waals surface area contributed by atoms with Gasteiger partial charge in [-0.2, -0.15) is 11.4 Å². The number of hydrogen-bond acceptors (Lipinski definition) is 5. The fraction of sp³-hybridized carbons (Fsp3) is 0.389. The number of fused-ring (bicyclic) bond motifs is 7. The zero-order valence-electron chi connectivity index (χ0n) is 27.5. The minimum absolute atomic E-state index is 0. The van der Waals surface area contributed by atoms with Crippen molar-refractivity contribution in [3.8, 4) is 0 Å². The normalized spacial score (nSPS) is 24.6. The second kappa shape index (κ2) is 12.9. The second-order valence-corrected chi connectivity index (χ2v) is 12.1. The first kappa shape index (κ1) is 33.8. The number of nitrogens with zero attached hydrogens (tertiary/aromatic N) is 4. The Bertz CT molecular complexity index is 1940. The molecule has 1 aliphatic carbocycles. The van der Waals surface area contributed by atoms with Gasteiger partial charge in [0.15, 0.2) is 12.1 Å². The first-order chi connectivity index (χ1) is 21.5. The van der Waals surface area contributed by atoms with Gasteiger partial charge in [-0.05, 0) is 57.4 Å². The van der Waals surface area contributed by atoms with E-state index >= 15 is 0 Å². The summed E-state index contributed by atoms with van der Waals surface area (Å²) in [6.45, 7) is 14.2. The van der Waals surface area contributed by atoms with Gasteiger partial charge < -0.3 is 34.8 Å². The van der Waals surface area contributed by atoms with Gasteiger partial charge in [0.25, 0.3) is 0 Å². The van der Waals surface area contributed by atoms with Gasteiger partial charge in [-0.15, -0.1) is 33.5 Å². The number of methoxy groups -OCH3 is 2. The van der Waals surface area contributed by atoms with Crippen LogP contribution in [0.25, 0.3) is 35.2 Å². The number of hydrogen-bond donors (Lipinski definition) is 1. The Morgan fingerprint density at radius 2 is 1.72 bits per heavy atom. The maximum atomic E-state index is 14.0. The van der Waals surface area contributed by atoms with Crippen molar-refractivity contribution in [1.29, 1.82) is 0 Å². The van der Waals surface area contributed by atoms with Crippen molar-refractivity contribution in [2.75, 3.05) is 14.2 Å². The predicted molar refractivity (Wildman–Crippen MR) is 178 cm³/mol. The number of aromatic nitrogens is 3. The van der Waals surface area contributed by atoms with Gasteiger partial charge in [-0.3, -0.25) is 9.59 Å². The van der Waals surface area contributed by atoms with E-state index in [0.717, 1.165) is 56.5 Å². The van der Waals surface area contributed by atoms with E-state index in [1.54, 1.807) is 0 Å². The van der Waals surface area contributed by atoms with E-state index < -0.39 is 18.2 Å². The van der Waals surface area contributed by atoms with E-state index in [4.69, 9.17) is 29.7 Å². The number of Topliss-reactive ketones (excluding diaryl/α,β-unsaturated/α-hetero) is 1. The number of allylic oxidation sites excluding steroid dienone is 2. The van der Waals surface area contributed by atoms with Crippen molar-refractivity contribution in [3.05, 3.63) is 90.1 Å². The van der Waals surface area contributed by atoms with E-state index in [1.807, 2.05) is 38.2 Å². The number of carbonyl (C=O) groups is 2. The summed E-state index contributed by atoms with van der Waals surface area (Å²) in [5.41, 5.74) is 9.64. The molecule has 3 aromatic heterocycles. The zero-order chi connectivity index (χ0) is 32.3. The van der Waals surface area contributed by atoms with E-state index in [0.29, 0.717) is 46.6 Å². The minimum Gasteiger partial charge on any atom is -0.664 e. The maximum Gasteiger partial charge on any atom is 2.00 e. The van der Waals surface area contributed by atoms with Gasteiger partial charge in [0.05, 0.1) is 7.11 Å². The molecule has 6 rings (SSSR count). The third kappa shape index (κ3) is 5.25. The monoisotopic (exact) mass is 630 g/mol. The Kier molecular flexibility index (Phi) is 9.48. The molecule has 8 bridgehead atoms. The molecular weight excluding hydrogens is 593 g/mol. The van der Waals surface area contributed by atoms with Crippen LogP contribution < -0.4 is 25.7 Å². The maximum absolute atomic E-state index is 14.0. The third-order valence-electron chi connectivity index (χ3n) is 9.74. The van der Waals surface area contributed by atoms with Crippen LogP contribution in [0.2, 0.25) is 0 Å². The van der Waals surface area contributed by atoms with Gasteiger partial charge in [-0.1, -0.05) is 72.6 Å². The molecule has 0 radical (unpaired) electrons. The second-order valence-electron chi connectivity index (χ2n) is 12.1. The Morgan fingerprint density at radius 1 is 1.02 bits per heavy atom. The fourth-order valence-electron chi connectivity index (χ4n) is 7.09. The molecule has 9 nitrogen and oxygen atoms in total. The molecular formula is C36H38MgN4O5-2. The van der Waals surface area contributed by atoms with Crippen molar-refractivity contribution in [2.45, 2.75) is 60.2 Å². The van der Waals surface area contributed by atoms with Gasteiger partial charge in [-0.25, -0.2) is 0 Å². The van der Waals surface area contributed by atoms with Crippen LogP contribution in [0.1, 0.15) is 87.6 Å². The van der Waals surface area contributed by atoms with Crippen LogP contribution in [0.3, 0.4) is 0 Å². The molecule has 5 heterocycles. The van der Waals surface area contributed by atoms with E-state index in [2.05, 4.69) is 27.4 Å².